The summed E-state index contributed by atoms with van der Waals surface area (Å²) in [4.78, 5) is 0. The highest BCUT2D eigenvalue weighted by atomic mass is 16.5. The molecule has 0 aliphatic heterocycles. The molecule has 1 unspecified atom stereocenters. The molecule has 15 heavy (non-hydrogen) atoms. The molecule has 3 nitrogen and oxygen atoms in total. The maximum Gasteiger partial charge on any atom is 0.0704 e. The lowest BCUT2D eigenvalue weighted by Gasteiger charge is -2.18. The van der Waals surface area contributed by atoms with Crippen LogP contribution in [0.5, 0.6) is 0 Å². The van der Waals surface area contributed by atoms with Crippen LogP contribution >= 0.6 is 0 Å². The van der Waals surface area contributed by atoms with Crippen molar-refractivity contribution in [2.75, 3.05) is 26.4 Å². The largest absolute Gasteiger partial charge is 0.379 e. The van der Waals surface area contributed by atoms with Gasteiger partial charge in [-0.3, -0.25) is 0 Å². The number of hydrogen-bond donors (Lipinski definition) is 1. The Hall–Kier alpha value is -0.120. The van der Waals surface area contributed by atoms with E-state index in [1.807, 2.05) is 6.92 Å². The molecule has 0 radical (unpaired) electrons. The van der Waals surface area contributed by atoms with E-state index in [0.717, 1.165) is 19.4 Å². The molecule has 0 heterocycles. The van der Waals surface area contributed by atoms with Crippen LogP contribution in [-0.4, -0.2) is 32.5 Å². The molecule has 0 aromatic heterocycles. The molecular formula is C12H27NO2. The SMILES string of the molecule is CC(CCN)OCCOCCC(C)(C)C. The van der Waals surface area contributed by atoms with E-state index < -0.39 is 0 Å². The maximum absolute atomic E-state index is 5.51. The van der Waals surface area contributed by atoms with Gasteiger partial charge in [0.2, 0.25) is 0 Å². The first-order valence-electron chi connectivity index (χ1n) is 5.85. The molecular weight excluding hydrogens is 190 g/mol. The highest BCUT2D eigenvalue weighted by Gasteiger charge is 2.09. The van der Waals surface area contributed by atoms with Gasteiger partial charge in [-0.05, 0) is 31.7 Å². The highest BCUT2D eigenvalue weighted by Crippen LogP contribution is 2.17. The molecule has 1 atom stereocenters. The Morgan fingerprint density at radius 1 is 1.13 bits per heavy atom. The van der Waals surface area contributed by atoms with Gasteiger partial charge >= 0.3 is 0 Å². The molecule has 0 spiro atoms. The lowest BCUT2D eigenvalue weighted by Crippen LogP contribution is -2.17. The summed E-state index contributed by atoms with van der Waals surface area (Å²) in [7, 11) is 0. The van der Waals surface area contributed by atoms with E-state index >= 15 is 0 Å². The van der Waals surface area contributed by atoms with Crippen molar-refractivity contribution < 1.29 is 9.47 Å². The molecule has 0 aliphatic carbocycles. The fourth-order valence-corrected chi connectivity index (χ4v) is 1.11. The monoisotopic (exact) mass is 217 g/mol. The first kappa shape index (κ1) is 14.9. The minimum absolute atomic E-state index is 0.251. The predicted octanol–water partition coefficient (Wildman–Crippen LogP) is 2.19. The average molecular weight is 217 g/mol. The lowest BCUT2D eigenvalue weighted by molar-refractivity contribution is 0.00531. The summed E-state index contributed by atoms with van der Waals surface area (Å²) in [6.07, 6.45) is 2.26. The number of nitrogens with two attached hydrogens (primary N) is 1. The number of hydrogen-bond acceptors (Lipinski definition) is 3. The van der Waals surface area contributed by atoms with E-state index in [1.165, 1.54) is 0 Å². The summed E-state index contributed by atoms with van der Waals surface area (Å²) in [5.74, 6) is 0. The summed E-state index contributed by atoms with van der Waals surface area (Å²) in [6.45, 7) is 11.6. The van der Waals surface area contributed by atoms with Crippen molar-refractivity contribution in [2.45, 2.75) is 46.6 Å². The van der Waals surface area contributed by atoms with Gasteiger partial charge in [0.15, 0.2) is 0 Å². The number of ether oxygens (including phenoxy) is 2. The van der Waals surface area contributed by atoms with Gasteiger partial charge in [-0.2, -0.15) is 0 Å². The molecule has 0 bridgehead atoms. The van der Waals surface area contributed by atoms with Crippen molar-refractivity contribution >= 4 is 0 Å². The Labute approximate surface area is 94.3 Å². The summed E-state index contributed by atoms with van der Waals surface area (Å²) in [5.41, 5.74) is 5.77. The van der Waals surface area contributed by atoms with Crippen molar-refractivity contribution in [3.8, 4) is 0 Å². The Morgan fingerprint density at radius 2 is 1.80 bits per heavy atom. The smallest absolute Gasteiger partial charge is 0.0704 e. The van der Waals surface area contributed by atoms with Crippen molar-refractivity contribution in [1.29, 1.82) is 0 Å². The fraction of sp³-hybridized carbons (Fsp3) is 1.00. The van der Waals surface area contributed by atoms with Crippen LogP contribution in [0.4, 0.5) is 0 Å². The Bertz CT molecular complexity index is 143. The van der Waals surface area contributed by atoms with Gasteiger partial charge in [0.05, 0.1) is 19.3 Å². The van der Waals surface area contributed by atoms with Crippen LogP contribution in [0.1, 0.15) is 40.5 Å². The summed E-state index contributed by atoms with van der Waals surface area (Å²) >= 11 is 0. The molecule has 2 N–H and O–H groups in total. The second-order valence-corrected chi connectivity index (χ2v) is 5.18. The van der Waals surface area contributed by atoms with E-state index in [4.69, 9.17) is 15.2 Å². The van der Waals surface area contributed by atoms with E-state index in [2.05, 4.69) is 20.8 Å². The highest BCUT2D eigenvalue weighted by molar-refractivity contribution is 4.59. The van der Waals surface area contributed by atoms with E-state index in [0.29, 0.717) is 25.2 Å². The zero-order valence-electron chi connectivity index (χ0n) is 10.7. The Balaban J connectivity index is 3.18. The minimum Gasteiger partial charge on any atom is -0.379 e. The predicted molar refractivity (Wildman–Crippen MR) is 64.0 cm³/mol. The second-order valence-electron chi connectivity index (χ2n) is 5.18. The summed E-state index contributed by atoms with van der Waals surface area (Å²) in [5, 5.41) is 0. The third-order valence-electron chi connectivity index (χ3n) is 2.20. The van der Waals surface area contributed by atoms with Gasteiger partial charge in [-0.25, -0.2) is 0 Å². The van der Waals surface area contributed by atoms with Gasteiger partial charge in [-0.1, -0.05) is 20.8 Å². The van der Waals surface area contributed by atoms with Gasteiger partial charge < -0.3 is 15.2 Å². The van der Waals surface area contributed by atoms with Crippen LogP contribution < -0.4 is 5.73 Å². The van der Waals surface area contributed by atoms with Crippen LogP contribution in [-0.2, 0) is 9.47 Å². The quantitative estimate of drug-likeness (QED) is 0.634. The van der Waals surface area contributed by atoms with E-state index in [1.54, 1.807) is 0 Å². The standard InChI is InChI=1S/C12H27NO2/c1-11(5-7-13)15-10-9-14-8-6-12(2,3)4/h11H,5-10,13H2,1-4H3. The van der Waals surface area contributed by atoms with E-state index in [-0.39, 0.29) is 6.10 Å². The molecule has 92 valence electrons. The third-order valence-corrected chi connectivity index (χ3v) is 2.20. The van der Waals surface area contributed by atoms with Crippen LogP contribution in [0.2, 0.25) is 0 Å². The van der Waals surface area contributed by atoms with Crippen molar-refractivity contribution in [3.05, 3.63) is 0 Å². The second kappa shape index (κ2) is 8.08. The molecule has 0 fully saturated rings. The zero-order chi connectivity index (χ0) is 11.7. The topological polar surface area (TPSA) is 44.5 Å². The molecule has 0 rings (SSSR count). The van der Waals surface area contributed by atoms with Crippen LogP contribution in [0.15, 0.2) is 0 Å². The number of rotatable bonds is 8. The summed E-state index contributed by atoms with van der Waals surface area (Å²) < 4.78 is 11.0. The Morgan fingerprint density at radius 3 is 2.33 bits per heavy atom. The molecule has 0 aromatic carbocycles. The lowest BCUT2D eigenvalue weighted by atomic mass is 9.93. The van der Waals surface area contributed by atoms with Gasteiger partial charge in [0, 0.05) is 6.61 Å². The normalized spacial score (nSPS) is 14.2. The van der Waals surface area contributed by atoms with Gasteiger partial charge in [-0.15, -0.1) is 0 Å². The summed E-state index contributed by atoms with van der Waals surface area (Å²) in [6, 6.07) is 0. The molecule has 0 aliphatic rings. The minimum atomic E-state index is 0.251. The van der Waals surface area contributed by atoms with Crippen LogP contribution in [0.3, 0.4) is 0 Å². The zero-order valence-corrected chi connectivity index (χ0v) is 10.7. The van der Waals surface area contributed by atoms with Crippen molar-refractivity contribution in [3.63, 3.8) is 0 Å². The molecule has 0 saturated heterocycles. The molecule has 0 saturated carbocycles. The first-order valence-corrected chi connectivity index (χ1v) is 5.85. The van der Waals surface area contributed by atoms with Crippen LogP contribution in [0.25, 0.3) is 0 Å². The molecule has 3 heteroatoms. The van der Waals surface area contributed by atoms with Crippen molar-refractivity contribution in [2.24, 2.45) is 11.1 Å². The molecule has 0 aromatic rings. The van der Waals surface area contributed by atoms with E-state index in [9.17, 15) is 0 Å². The Kier molecular flexibility index (Phi) is 8.02. The van der Waals surface area contributed by atoms with Crippen molar-refractivity contribution in [1.82, 2.24) is 0 Å². The van der Waals surface area contributed by atoms with Crippen LogP contribution in [0, 0.1) is 5.41 Å². The van der Waals surface area contributed by atoms with Gasteiger partial charge in [0.25, 0.3) is 0 Å². The molecule has 0 amide bonds. The van der Waals surface area contributed by atoms with Gasteiger partial charge in [0.1, 0.15) is 0 Å². The average Bonchev–Trinajstić information content (AvgIpc) is 2.09. The fourth-order valence-electron chi connectivity index (χ4n) is 1.11. The third kappa shape index (κ3) is 11.8. The first-order chi connectivity index (χ1) is 6.95. The maximum atomic E-state index is 5.51.